The van der Waals surface area contributed by atoms with Gasteiger partial charge in [-0.3, -0.25) is 9.59 Å². The van der Waals surface area contributed by atoms with Crippen LogP contribution >= 0.6 is 0 Å². The number of benzene rings is 1. The van der Waals surface area contributed by atoms with Gasteiger partial charge >= 0.3 is 0 Å². The predicted octanol–water partition coefficient (Wildman–Crippen LogP) is 1.19. The number of sulfonamides is 1. The standard InChI is InChI=1S/C22H25N3O7S/c26-21(17-3-1-7-25(17)22(27)19-4-2-12-30-19)23-8-10-24(11-9-23)33(28,29)16-5-6-18-20(15-16)32-14-13-31-18/h2,4-6,12,15,17H,1,3,7-11,13-14H2/t17-/m0/s1. The first-order chi connectivity index (χ1) is 15.9. The van der Waals surface area contributed by atoms with E-state index >= 15 is 0 Å². The Morgan fingerprint density at radius 3 is 2.42 bits per heavy atom. The summed E-state index contributed by atoms with van der Waals surface area (Å²) in [6, 6.07) is 7.27. The number of likely N-dealkylation sites (tertiary alicyclic amines) is 1. The van der Waals surface area contributed by atoms with Crippen molar-refractivity contribution in [2.75, 3.05) is 45.9 Å². The van der Waals surface area contributed by atoms with Gasteiger partial charge in [0, 0.05) is 38.8 Å². The van der Waals surface area contributed by atoms with Crippen LogP contribution in [0.3, 0.4) is 0 Å². The minimum atomic E-state index is -3.73. The molecule has 2 aromatic rings. The van der Waals surface area contributed by atoms with E-state index in [0.717, 1.165) is 6.42 Å². The first-order valence-electron chi connectivity index (χ1n) is 11.0. The number of fused-ring (bicyclic) bond motifs is 1. The highest BCUT2D eigenvalue weighted by Gasteiger charge is 2.39. The summed E-state index contributed by atoms with van der Waals surface area (Å²) in [6.07, 6.45) is 2.75. The Bertz CT molecular complexity index is 1140. The number of nitrogens with zero attached hydrogens (tertiary/aromatic N) is 3. The third-order valence-corrected chi connectivity index (χ3v) is 8.13. The molecular weight excluding hydrogens is 450 g/mol. The van der Waals surface area contributed by atoms with Crippen LogP contribution in [-0.4, -0.2) is 86.3 Å². The van der Waals surface area contributed by atoms with Gasteiger partial charge in [-0.05, 0) is 37.1 Å². The van der Waals surface area contributed by atoms with Gasteiger partial charge in [-0.25, -0.2) is 8.42 Å². The van der Waals surface area contributed by atoms with Crippen molar-refractivity contribution in [1.29, 1.82) is 0 Å². The van der Waals surface area contributed by atoms with Crippen molar-refractivity contribution in [3.05, 3.63) is 42.4 Å². The molecule has 0 radical (unpaired) electrons. The minimum Gasteiger partial charge on any atom is -0.486 e. The van der Waals surface area contributed by atoms with E-state index in [4.69, 9.17) is 13.9 Å². The number of amides is 2. The maximum atomic E-state index is 13.2. The van der Waals surface area contributed by atoms with Gasteiger partial charge in [0.15, 0.2) is 17.3 Å². The van der Waals surface area contributed by atoms with Crippen LogP contribution in [0.2, 0.25) is 0 Å². The van der Waals surface area contributed by atoms with Crippen molar-refractivity contribution in [1.82, 2.24) is 14.1 Å². The van der Waals surface area contributed by atoms with Gasteiger partial charge in [-0.1, -0.05) is 0 Å². The van der Waals surface area contributed by atoms with Crippen LogP contribution in [0.1, 0.15) is 23.4 Å². The molecule has 0 aliphatic carbocycles. The number of rotatable bonds is 4. The number of hydrogen-bond donors (Lipinski definition) is 0. The third kappa shape index (κ3) is 4.06. The number of hydrogen-bond acceptors (Lipinski definition) is 7. The lowest BCUT2D eigenvalue weighted by atomic mass is 10.1. The summed E-state index contributed by atoms with van der Waals surface area (Å²) in [7, 11) is -3.73. The highest BCUT2D eigenvalue weighted by molar-refractivity contribution is 7.89. The topological polar surface area (TPSA) is 110 Å². The quantitative estimate of drug-likeness (QED) is 0.653. The zero-order valence-electron chi connectivity index (χ0n) is 18.0. The molecule has 3 aliphatic heterocycles. The van der Waals surface area contributed by atoms with E-state index in [-0.39, 0.29) is 48.6 Å². The summed E-state index contributed by atoms with van der Waals surface area (Å²) in [5.74, 6) is 0.712. The van der Waals surface area contributed by atoms with E-state index in [1.54, 1.807) is 28.0 Å². The highest BCUT2D eigenvalue weighted by atomic mass is 32.2. The van der Waals surface area contributed by atoms with E-state index in [1.807, 2.05) is 0 Å². The molecular formula is C22H25N3O7S. The van der Waals surface area contributed by atoms with Crippen LogP contribution in [0.4, 0.5) is 0 Å². The zero-order valence-corrected chi connectivity index (χ0v) is 18.8. The van der Waals surface area contributed by atoms with Crippen LogP contribution in [0, 0.1) is 0 Å². The molecule has 176 valence electrons. The van der Waals surface area contributed by atoms with Gasteiger partial charge in [-0.2, -0.15) is 4.31 Å². The molecule has 11 heteroatoms. The van der Waals surface area contributed by atoms with E-state index in [9.17, 15) is 18.0 Å². The molecule has 3 aliphatic rings. The summed E-state index contributed by atoms with van der Waals surface area (Å²) >= 11 is 0. The summed E-state index contributed by atoms with van der Waals surface area (Å²) in [4.78, 5) is 29.2. The Hall–Kier alpha value is -3.05. The second-order valence-electron chi connectivity index (χ2n) is 8.17. The van der Waals surface area contributed by atoms with E-state index in [1.165, 1.54) is 22.7 Å². The number of carbonyl (C=O) groups excluding carboxylic acids is 2. The Kier molecular flexibility index (Phi) is 5.75. The van der Waals surface area contributed by atoms with Crippen LogP contribution in [0.15, 0.2) is 45.9 Å². The van der Waals surface area contributed by atoms with Crippen molar-refractivity contribution in [3.63, 3.8) is 0 Å². The highest BCUT2D eigenvalue weighted by Crippen LogP contribution is 2.33. The first kappa shape index (κ1) is 21.8. The minimum absolute atomic E-state index is 0.137. The first-order valence-corrected chi connectivity index (χ1v) is 12.4. The van der Waals surface area contributed by atoms with Crippen molar-refractivity contribution in [3.8, 4) is 11.5 Å². The lowest BCUT2D eigenvalue weighted by Gasteiger charge is -2.36. The second-order valence-corrected chi connectivity index (χ2v) is 10.1. The molecule has 0 saturated carbocycles. The SMILES string of the molecule is O=C([C@@H]1CCCN1C(=O)c1ccco1)N1CCN(S(=O)(=O)c2ccc3c(c2)OCCO3)CC1. The summed E-state index contributed by atoms with van der Waals surface area (Å²) < 4.78 is 43.8. The monoisotopic (exact) mass is 475 g/mol. The summed E-state index contributed by atoms with van der Waals surface area (Å²) in [5.41, 5.74) is 0. The molecule has 1 aromatic carbocycles. The molecule has 1 aromatic heterocycles. The maximum absolute atomic E-state index is 13.2. The van der Waals surface area contributed by atoms with E-state index in [2.05, 4.69) is 0 Å². The summed E-state index contributed by atoms with van der Waals surface area (Å²) in [5, 5.41) is 0. The molecule has 0 unspecified atom stereocenters. The molecule has 10 nitrogen and oxygen atoms in total. The Labute approximate surface area is 191 Å². The van der Waals surface area contributed by atoms with Gasteiger partial charge in [0.25, 0.3) is 5.91 Å². The molecule has 0 N–H and O–H groups in total. The number of furan rings is 1. The van der Waals surface area contributed by atoms with Gasteiger partial charge in [0.05, 0.1) is 11.2 Å². The van der Waals surface area contributed by atoms with E-state index in [0.29, 0.717) is 37.7 Å². The van der Waals surface area contributed by atoms with Crippen LogP contribution in [0.5, 0.6) is 11.5 Å². The van der Waals surface area contributed by atoms with Crippen molar-refractivity contribution >= 4 is 21.8 Å². The normalized spacial score (nSPS) is 21.3. The van der Waals surface area contributed by atoms with Crippen molar-refractivity contribution < 1.29 is 31.9 Å². The maximum Gasteiger partial charge on any atom is 0.290 e. The van der Waals surface area contributed by atoms with Crippen molar-refractivity contribution in [2.45, 2.75) is 23.8 Å². The Morgan fingerprint density at radius 2 is 1.70 bits per heavy atom. The fourth-order valence-corrected chi connectivity index (χ4v) is 5.94. The van der Waals surface area contributed by atoms with Gasteiger partial charge in [0.1, 0.15) is 19.3 Å². The van der Waals surface area contributed by atoms with E-state index < -0.39 is 16.1 Å². The number of ether oxygens (including phenoxy) is 2. The zero-order chi connectivity index (χ0) is 23.0. The van der Waals surface area contributed by atoms with Gasteiger partial charge < -0.3 is 23.7 Å². The molecule has 2 amide bonds. The largest absolute Gasteiger partial charge is 0.486 e. The molecule has 2 saturated heterocycles. The lowest BCUT2D eigenvalue weighted by molar-refractivity contribution is -0.136. The predicted molar refractivity (Wildman–Crippen MR) is 116 cm³/mol. The Morgan fingerprint density at radius 1 is 0.939 bits per heavy atom. The van der Waals surface area contributed by atoms with Crippen LogP contribution in [0.25, 0.3) is 0 Å². The third-order valence-electron chi connectivity index (χ3n) is 6.23. The lowest BCUT2D eigenvalue weighted by Crippen LogP contribution is -2.55. The average Bonchev–Trinajstić information content (AvgIpc) is 3.55. The Balaban J connectivity index is 1.24. The van der Waals surface area contributed by atoms with Crippen LogP contribution < -0.4 is 9.47 Å². The molecule has 5 rings (SSSR count). The molecule has 0 bridgehead atoms. The number of carbonyl (C=O) groups is 2. The fourth-order valence-electron chi connectivity index (χ4n) is 4.50. The van der Waals surface area contributed by atoms with Gasteiger partial charge in [-0.15, -0.1) is 0 Å². The molecule has 4 heterocycles. The molecule has 33 heavy (non-hydrogen) atoms. The summed E-state index contributed by atoms with van der Waals surface area (Å²) in [6.45, 7) is 2.19. The molecule has 1 atom stereocenters. The van der Waals surface area contributed by atoms with Crippen LogP contribution in [-0.2, 0) is 14.8 Å². The van der Waals surface area contributed by atoms with Gasteiger partial charge in [0.2, 0.25) is 15.9 Å². The average molecular weight is 476 g/mol. The smallest absolute Gasteiger partial charge is 0.290 e. The second kappa shape index (κ2) is 8.71. The number of piperazine rings is 1. The molecule has 0 spiro atoms. The fraction of sp³-hybridized carbons (Fsp3) is 0.455. The van der Waals surface area contributed by atoms with Crippen molar-refractivity contribution in [2.24, 2.45) is 0 Å². The molecule has 2 fully saturated rings.